The Kier molecular flexibility index (Phi) is 4.74. The first-order valence-corrected chi connectivity index (χ1v) is 7.02. The highest BCUT2D eigenvalue weighted by molar-refractivity contribution is 9.10. The molecule has 0 aromatic heterocycles. The highest BCUT2D eigenvalue weighted by atomic mass is 79.9. The van der Waals surface area contributed by atoms with E-state index in [1.54, 1.807) is 18.2 Å². The van der Waals surface area contributed by atoms with Crippen LogP contribution in [0.5, 0.6) is 5.75 Å². The van der Waals surface area contributed by atoms with Gasteiger partial charge in [0.15, 0.2) is 11.6 Å². The predicted molar refractivity (Wildman–Crippen MR) is 86.2 cm³/mol. The van der Waals surface area contributed by atoms with E-state index in [2.05, 4.69) is 33.5 Å². The van der Waals surface area contributed by atoms with Crippen LogP contribution >= 0.6 is 28.1 Å². The lowest BCUT2D eigenvalue weighted by molar-refractivity contribution is 0.416. The van der Waals surface area contributed by atoms with Gasteiger partial charge in [-0.25, -0.2) is 8.78 Å². The largest absolute Gasteiger partial charge is 0.495 e. The van der Waals surface area contributed by atoms with E-state index < -0.39 is 11.6 Å². The standard InChI is InChI=1S/C14H11BrF2N2OS/c1-20-11-5-2-7(15)6-10(11)19-9-4-3-8(14(18)21)12(16)13(9)17/h2-6,19H,1H3,(H2,18,21). The van der Waals surface area contributed by atoms with Gasteiger partial charge in [-0.05, 0) is 30.3 Å². The van der Waals surface area contributed by atoms with Gasteiger partial charge in [0.25, 0.3) is 0 Å². The van der Waals surface area contributed by atoms with Crippen molar-refractivity contribution in [2.75, 3.05) is 12.4 Å². The van der Waals surface area contributed by atoms with E-state index in [0.29, 0.717) is 11.4 Å². The van der Waals surface area contributed by atoms with Crippen LogP contribution in [0, 0.1) is 11.6 Å². The molecule has 0 aliphatic heterocycles. The Hall–Kier alpha value is -1.73. The molecule has 3 N–H and O–H groups in total. The number of benzene rings is 2. The summed E-state index contributed by atoms with van der Waals surface area (Å²) in [6.45, 7) is 0. The predicted octanol–water partition coefficient (Wildman–Crippen LogP) is 4.11. The van der Waals surface area contributed by atoms with Gasteiger partial charge in [-0.3, -0.25) is 0 Å². The van der Waals surface area contributed by atoms with Crippen LogP contribution in [0.2, 0.25) is 0 Å². The Morgan fingerprint density at radius 1 is 1.19 bits per heavy atom. The first-order chi connectivity index (χ1) is 9.93. The van der Waals surface area contributed by atoms with Crippen molar-refractivity contribution in [3.63, 3.8) is 0 Å². The summed E-state index contributed by atoms with van der Waals surface area (Å²) in [5, 5.41) is 2.79. The summed E-state index contributed by atoms with van der Waals surface area (Å²) >= 11 is 7.97. The Labute approximate surface area is 134 Å². The third-order valence-corrected chi connectivity index (χ3v) is 3.49. The minimum absolute atomic E-state index is 0.0381. The fraction of sp³-hybridized carbons (Fsp3) is 0.0714. The third kappa shape index (κ3) is 3.30. The number of nitrogens with two attached hydrogens (primary N) is 1. The maximum atomic E-state index is 14.0. The maximum absolute atomic E-state index is 14.0. The third-order valence-electron chi connectivity index (χ3n) is 2.78. The first kappa shape index (κ1) is 15.7. The molecule has 21 heavy (non-hydrogen) atoms. The Bertz CT molecular complexity index is 710. The molecule has 0 heterocycles. The average Bonchev–Trinajstić information content (AvgIpc) is 2.44. The normalized spacial score (nSPS) is 10.3. The zero-order chi connectivity index (χ0) is 15.6. The SMILES string of the molecule is COc1ccc(Br)cc1Nc1ccc(C(N)=S)c(F)c1F. The minimum atomic E-state index is -1.08. The number of hydrogen-bond acceptors (Lipinski definition) is 3. The van der Waals surface area contributed by atoms with Gasteiger partial charge in [0.05, 0.1) is 18.5 Å². The number of halogens is 3. The van der Waals surface area contributed by atoms with Crippen molar-refractivity contribution in [1.29, 1.82) is 0 Å². The van der Waals surface area contributed by atoms with Crippen LogP contribution in [0.1, 0.15) is 5.56 Å². The molecule has 110 valence electrons. The van der Waals surface area contributed by atoms with E-state index in [1.165, 1.54) is 19.2 Å². The van der Waals surface area contributed by atoms with E-state index >= 15 is 0 Å². The topological polar surface area (TPSA) is 47.3 Å². The quantitative estimate of drug-likeness (QED) is 0.792. The maximum Gasteiger partial charge on any atom is 0.182 e. The van der Waals surface area contributed by atoms with Crippen molar-refractivity contribution >= 4 is 44.5 Å². The van der Waals surface area contributed by atoms with Crippen LogP contribution in [0.3, 0.4) is 0 Å². The van der Waals surface area contributed by atoms with Crippen molar-refractivity contribution in [3.8, 4) is 5.75 Å². The number of thiocarbonyl (C=S) groups is 1. The monoisotopic (exact) mass is 372 g/mol. The number of hydrogen-bond donors (Lipinski definition) is 2. The molecule has 0 amide bonds. The van der Waals surface area contributed by atoms with Crippen LogP contribution in [-0.2, 0) is 0 Å². The molecule has 0 saturated heterocycles. The van der Waals surface area contributed by atoms with Gasteiger partial charge in [-0.1, -0.05) is 28.1 Å². The smallest absolute Gasteiger partial charge is 0.182 e. The number of rotatable bonds is 4. The summed E-state index contributed by atoms with van der Waals surface area (Å²) < 4.78 is 33.8. The number of ether oxygens (including phenoxy) is 1. The molecule has 0 fully saturated rings. The number of nitrogens with one attached hydrogen (secondary N) is 1. The van der Waals surface area contributed by atoms with Crippen LogP contribution in [0.25, 0.3) is 0 Å². The van der Waals surface area contributed by atoms with Gasteiger partial charge in [-0.15, -0.1) is 0 Å². The van der Waals surface area contributed by atoms with Crippen LogP contribution < -0.4 is 15.8 Å². The molecule has 0 atom stereocenters. The van der Waals surface area contributed by atoms with Gasteiger partial charge in [-0.2, -0.15) is 0 Å². The average molecular weight is 373 g/mol. The molecule has 2 aromatic carbocycles. The second kappa shape index (κ2) is 6.36. The van der Waals surface area contributed by atoms with Gasteiger partial charge in [0.1, 0.15) is 10.7 Å². The molecule has 0 aliphatic carbocycles. The fourth-order valence-corrected chi connectivity index (χ4v) is 2.28. The lowest BCUT2D eigenvalue weighted by Crippen LogP contribution is -2.13. The van der Waals surface area contributed by atoms with Crippen LogP contribution in [0.4, 0.5) is 20.2 Å². The van der Waals surface area contributed by atoms with Crippen molar-refractivity contribution in [2.24, 2.45) is 5.73 Å². The Morgan fingerprint density at radius 2 is 1.90 bits per heavy atom. The molecule has 2 rings (SSSR count). The summed E-state index contributed by atoms with van der Waals surface area (Å²) in [6, 6.07) is 7.86. The van der Waals surface area contributed by atoms with Crippen LogP contribution in [-0.4, -0.2) is 12.1 Å². The molecule has 0 unspecified atom stereocenters. The van der Waals surface area contributed by atoms with E-state index in [9.17, 15) is 8.78 Å². The summed E-state index contributed by atoms with van der Waals surface area (Å²) in [5.74, 6) is -1.64. The highest BCUT2D eigenvalue weighted by Crippen LogP contribution is 2.32. The molecule has 7 heteroatoms. The van der Waals surface area contributed by atoms with Gasteiger partial charge in [0, 0.05) is 10.0 Å². The molecule has 3 nitrogen and oxygen atoms in total. The van der Waals surface area contributed by atoms with E-state index in [1.807, 2.05) is 0 Å². The van der Waals surface area contributed by atoms with Gasteiger partial charge >= 0.3 is 0 Å². The van der Waals surface area contributed by atoms with Crippen molar-refractivity contribution in [3.05, 3.63) is 52.0 Å². The van der Waals surface area contributed by atoms with Crippen molar-refractivity contribution in [2.45, 2.75) is 0 Å². The molecule has 0 bridgehead atoms. The highest BCUT2D eigenvalue weighted by Gasteiger charge is 2.16. The van der Waals surface area contributed by atoms with E-state index in [-0.39, 0.29) is 16.2 Å². The number of methoxy groups -OCH3 is 1. The molecule has 0 saturated carbocycles. The zero-order valence-corrected chi connectivity index (χ0v) is 13.3. The molecule has 0 aliphatic rings. The van der Waals surface area contributed by atoms with Crippen molar-refractivity contribution in [1.82, 2.24) is 0 Å². The molecule has 0 spiro atoms. The Morgan fingerprint density at radius 3 is 2.52 bits per heavy atom. The second-order valence-electron chi connectivity index (χ2n) is 4.12. The minimum Gasteiger partial charge on any atom is -0.495 e. The lowest BCUT2D eigenvalue weighted by Gasteiger charge is -2.13. The molecular formula is C14H11BrF2N2OS. The van der Waals surface area contributed by atoms with E-state index in [4.69, 9.17) is 10.5 Å². The van der Waals surface area contributed by atoms with Gasteiger partial charge < -0.3 is 15.8 Å². The zero-order valence-electron chi connectivity index (χ0n) is 10.9. The van der Waals surface area contributed by atoms with E-state index in [0.717, 1.165) is 4.47 Å². The summed E-state index contributed by atoms with van der Waals surface area (Å²) in [6.07, 6.45) is 0. The summed E-state index contributed by atoms with van der Waals surface area (Å²) in [4.78, 5) is -0.196. The summed E-state index contributed by atoms with van der Waals surface area (Å²) in [7, 11) is 1.49. The van der Waals surface area contributed by atoms with Gasteiger partial charge in [0.2, 0.25) is 0 Å². The molecule has 2 aromatic rings. The first-order valence-electron chi connectivity index (χ1n) is 5.82. The molecular weight excluding hydrogens is 362 g/mol. The summed E-state index contributed by atoms with van der Waals surface area (Å²) in [5.41, 5.74) is 5.66. The fourth-order valence-electron chi connectivity index (χ4n) is 1.76. The van der Waals surface area contributed by atoms with Crippen LogP contribution in [0.15, 0.2) is 34.8 Å². The second-order valence-corrected chi connectivity index (χ2v) is 5.48. The van der Waals surface area contributed by atoms with Crippen molar-refractivity contribution < 1.29 is 13.5 Å². The number of anilines is 2. The molecule has 0 radical (unpaired) electrons. The lowest BCUT2D eigenvalue weighted by atomic mass is 10.1. The Balaban J connectivity index is 2.43.